The Morgan fingerprint density at radius 3 is 2.50 bits per heavy atom. The molecule has 18 heavy (non-hydrogen) atoms. The summed E-state index contributed by atoms with van der Waals surface area (Å²) in [5.74, 6) is 0. The third-order valence-electron chi connectivity index (χ3n) is 4.08. The highest BCUT2D eigenvalue weighted by Crippen LogP contribution is 2.28. The first kappa shape index (κ1) is 12.1. The van der Waals surface area contributed by atoms with Crippen LogP contribution in [0.4, 0.5) is 0 Å². The third-order valence-corrected chi connectivity index (χ3v) is 4.08. The molecule has 0 spiro atoms. The van der Waals surface area contributed by atoms with Crippen LogP contribution in [0.5, 0.6) is 0 Å². The zero-order chi connectivity index (χ0) is 12.5. The van der Waals surface area contributed by atoms with Crippen LogP contribution in [0.2, 0.25) is 0 Å². The van der Waals surface area contributed by atoms with Gasteiger partial charge in [-0.3, -0.25) is 9.58 Å². The van der Waals surface area contributed by atoms with E-state index in [2.05, 4.69) is 26.9 Å². The summed E-state index contributed by atoms with van der Waals surface area (Å²) in [6, 6.07) is 2.63. The molecule has 5 heteroatoms. The second-order valence-electron chi connectivity index (χ2n) is 5.55. The summed E-state index contributed by atoms with van der Waals surface area (Å²) >= 11 is 0. The van der Waals surface area contributed by atoms with Crippen molar-refractivity contribution in [3.8, 4) is 0 Å². The van der Waals surface area contributed by atoms with Crippen LogP contribution < -0.4 is 0 Å². The Kier molecular flexibility index (Phi) is 3.37. The number of aliphatic hydroxyl groups is 2. The highest BCUT2D eigenvalue weighted by molar-refractivity contribution is 5.01. The fraction of sp³-hybridized carbons (Fsp3) is 0.769. The van der Waals surface area contributed by atoms with Crippen LogP contribution in [0.25, 0.3) is 0 Å². The zero-order valence-corrected chi connectivity index (χ0v) is 10.6. The molecular formula is C13H21N3O2. The van der Waals surface area contributed by atoms with Crippen LogP contribution >= 0.6 is 0 Å². The monoisotopic (exact) mass is 251 g/mol. The summed E-state index contributed by atoms with van der Waals surface area (Å²) in [6.45, 7) is 1.79. The normalized spacial score (nSPS) is 30.3. The van der Waals surface area contributed by atoms with Gasteiger partial charge in [0.05, 0.1) is 23.9 Å². The molecule has 0 amide bonds. The molecule has 2 N–H and O–H groups in total. The molecule has 0 unspecified atom stereocenters. The molecule has 100 valence electrons. The van der Waals surface area contributed by atoms with Crippen molar-refractivity contribution in [2.75, 3.05) is 13.1 Å². The molecule has 2 heterocycles. The predicted molar refractivity (Wildman–Crippen MR) is 67.0 cm³/mol. The predicted octanol–water partition coefficient (Wildman–Crippen LogP) is 0.536. The smallest absolute Gasteiger partial charge is 0.0938 e. The van der Waals surface area contributed by atoms with Gasteiger partial charge in [0, 0.05) is 25.8 Å². The van der Waals surface area contributed by atoms with E-state index in [0.29, 0.717) is 25.7 Å². The lowest BCUT2D eigenvalue weighted by atomic mass is 10.3. The van der Waals surface area contributed by atoms with Gasteiger partial charge in [0.2, 0.25) is 0 Å². The summed E-state index contributed by atoms with van der Waals surface area (Å²) in [5, 5.41) is 23.6. The highest BCUT2D eigenvalue weighted by atomic mass is 16.3. The van der Waals surface area contributed by atoms with Crippen molar-refractivity contribution < 1.29 is 10.2 Å². The molecule has 0 bridgehead atoms. The number of hydrogen-bond acceptors (Lipinski definition) is 4. The van der Waals surface area contributed by atoms with Crippen molar-refractivity contribution in [1.82, 2.24) is 14.7 Å². The van der Waals surface area contributed by atoms with Crippen molar-refractivity contribution in [2.24, 2.45) is 0 Å². The van der Waals surface area contributed by atoms with Crippen LogP contribution in [-0.4, -0.2) is 50.2 Å². The minimum absolute atomic E-state index is 0.539. The fourth-order valence-corrected chi connectivity index (χ4v) is 3.04. The molecule has 1 saturated heterocycles. The summed E-state index contributed by atoms with van der Waals surface area (Å²) in [7, 11) is 0. The van der Waals surface area contributed by atoms with E-state index < -0.39 is 12.2 Å². The molecule has 2 aliphatic rings. The van der Waals surface area contributed by atoms with Gasteiger partial charge in [-0.1, -0.05) is 12.8 Å². The van der Waals surface area contributed by atoms with Crippen molar-refractivity contribution in [3.63, 3.8) is 0 Å². The van der Waals surface area contributed by atoms with Gasteiger partial charge in [0.1, 0.15) is 0 Å². The molecule has 2 fully saturated rings. The maximum absolute atomic E-state index is 9.51. The molecule has 1 aliphatic carbocycles. The Labute approximate surface area is 107 Å². The summed E-state index contributed by atoms with van der Waals surface area (Å²) in [5.41, 5.74) is 1.03. The SMILES string of the molecule is O[C@@H]1CN(Cc2ccn(C3CCCC3)n2)C[C@@H]1O. The first-order valence-corrected chi connectivity index (χ1v) is 6.85. The zero-order valence-electron chi connectivity index (χ0n) is 10.6. The standard InChI is InChI=1S/C13H21N3O2/c17-12-8-15(9-13(12)18)7-10-5-6-16(14-10)11-3-1-2-4-11/h5-6,11-13,17-18H,1-4,7-9H2/t12-,13+. The average molecular weight is 251 g/mol. The van der Waals surface area contributed by atoms with Gasteiger partial charge < -0.3 is 10.2 Å². The third kappa shape index (κ3) is 2.43. The van der Waals surface area contributed by atoms with Crippen LogP contribution in [0.15, 0.2) is 12.3 Å². The second kappa shape index (κ2) is 4.99. The largest absolute Gasteiger partial charge is 0.389 e. The lowest BCUT2D eigenvalue weighted by Gasteiger charge is -2.13. The molecule has 3 rings (SSSR count). The maximum atomic E-state index is 9.51. The topological polar surface area (TPSA) is 61.5 Å². The molecule has 0 aromatic carbocycles. The average Bonchev–Trinajstić information content (AvgIpc) is 3.02. The number of hydrogen-bond donors (Lipinski definition) is 2. The quantitative estimate of drug-likeness (QED) is 0.823. The van der Waals surface area contributed by atoms with E-state index in [4.69, 9.17) is 0 Å². The van der Waals surface area contributed by atoms with E-state index in [1.807, 2.05) is 0 Å². The van der Waals surface area contributed by atoms with Gasteiger partial charge in [-0.25, -0.2) is 0 Å². The number of aliphatic hydroxyl groups excluding tert-OH is 2. The molecule has 1 aliphatic heterocycles. The van der Waals surface area contributed by atoms with Gasteiger partial charge in [-0.2, -0.15) is 5.10 Å². The Morgan fingerprint density at radius 2 is 1.83 bits per heavy atom. The number of aromatic nitrogens is 2. The molecule has 0 radical (unpaired) electrons. The van der Waals surface area contributed by atoms with Gasteiger partial charge in [-0.15, -0.1) is 0 Å². The lowest BCUT2D eigenvalue weighted by Crippen LogP contribution is -2.22. The van der Waals surface area contributed by atoms with E-state index in [0.717, 1.165) is 5.69 Å². The first-order chi connectivity index (χ1) is 8.72. The Balaban J connectivity index is 1.60. The van der Waals surface area contributed by atoms with Gasteiger partial charge >= 0.3 is 0 Å². The number of nitrogens with zero attached hydrogens (tertiary/aromatic N) is 3. The minimum Gasteiger partial charge on any atom is -0.389 e. The van der Waals surface area contributed by atoms with Gasteiger partial charge in [0.25, 0.3) is 0 Å². The van der Waals surface area contributed by atoms with Crippen LogP contribution in [-0.2, 0) is 6.54 Å². The number of likely N-dealkylation sites (tertiary alicyclic amines) is 1. The lowest BCUT2D eigenvalue weighted by molar-refractivity contribution is 0.0572. The van der Waals surface area contributed by atoms with Crippen molar-refractivity contribution in [2.45, 2.75) is 50.5 Å². The van der Waals surface area contributed by atoms with Gasteiger partial charge in [-0.05, 0) is 18.9 Å². The first-order valence-electron chi connectivity index (χ1n) is 6.85. The molecule has 1 aromatic heterocycles. The minimum atomic E-state index is -0.609. The number of rotatable bonds is 3. The Hall–Kier alpha value is -0.910. The van der Waals surface area contributed by atoms with E-state index in [1.165, 1.54) is 25.7 Å². The molecule has 1 saturated carbocycles. The maximum Gasteiger partial charge on any atom is 0.0938 e. The van der Waals surface area contributed by atoms with E-state index in [-0.39, 0.29) is 0 Å². The second-order valence-corrected chi connectivity index (χ2v) is 5.55. The van der Waals surface area contributed by atoms with E-state index in [1.54, 1.807) is 0 Å². The molecule has 2 atom stereocenters. The number of β-amino-alcohol motifs (C(OH)–C–C–N with tert-alkyl or cyclic N) is 2. The molecular weight excluding hydrogens is 230 g/mol. The Bertz CT molecular complexity index is 391. The molecule has 5 nitrogen and oxygen atoms in total. The summed E-state index contributed by atoms with van der Waals surface area (Å²) < 4.78 is 2.09. The van der Waals surface area contributed by atoms with Crippen LogP contribution in [0.1, 0.15) is 37.4 Å². The van der Waals surface area contributed by atoms with Crippen LogP contribution in [0.3, 0.4) is 0 Å². The fourth-order valence-electron chi connectivity index (χ4n) is 3.04. The van der Waals surface area contributed by atoms with E-state index in [9.17, 15) is 10.2 Å². The summed E-state index contributed by atoms with van der Waals surface area (Å²) in [4.78, 5) is 2.05. The van der Waals surface area contributed by atoms with Crippen molar-refractivity contribution in [1.29, 1.82) is 0 Å². The molecule has 1 aromatic rings. The van der Waals surface area contributed by atoms with Crippen molar-refractivity contribution in [3.05, 3.63) is 18.0 Å². The van der Waals surface area contributed by atoms with E-state index >= 15 is 0 Å². The van der Waals surface area contributed by atoms with Gasteiger partial charge in [0.15, 0.2) is 0 Å². The highest BCUT2D eigenvalue weighted by Gasteiger charge is 2.29. The van der Waals surface area contributed by atoms with Crippen LogP contribution in [0, 0.1) is 0 Å². The summed E-state index contributed by atoms with van der Waals surface area (Å²) in [6.07, 6.45) is 5.94. The van der Waals surface area contributed by atoms with Crippen molar-refractivity contribution >= 4 is 0 Å². The Morgan fingerprint density at radius 1 is 1.17 bits per heavy atom.